The van der Waals surface area contributed by atoms with Gasteiger partial charge in [-0.3, -0.25) is 14.3 Å². The molecule has 9 heteroatoms. The van der Waals surface area contributed by atoms with E-state index in [1.807, 2.05) is 42.5 Å². The van der Waals surface area contributed by atoms with Crippen LogP contribution in [0.4, 0.5) is 0 Å². The molecule has 1 unspecified atom stereocenters. The van der Waals surface area contributed by atoms with E-state index in [4.69, 9.17) is 13.9 Å². The van der Waals surface area contributed by atoms with Crippen molar-refractivity contribution >= 4 is 24.7 Å². The van der Waals surface area contributed by atoms with Crippen LogP contribution in [0, 0.1) is 6.92 Å². The fourth-order valence-electron chi connectivity index (χ4n) is 5.68. The van der Waals surface area contributed by atoms with Crippen molar-refractivity contribution in [3.8, 4) is 0 Å². The highest BCUT2D eigenvalue weighted by Crippen LogP contribution is 2.41. The van der Waals surface area contributed by atoms with E-state index in [1.165, 1.54) is 10.8 Å². The maximum atomic E-state index is 12.9. The molecule has 218 valence electrons. The number of hydrogen-bond acceptors (Lipinski definition) is 6. The van der Waals surface area contributed by atoms with Gasteiger partial charge in [-0.2, -0.15) is 0 Å². The summed E-state index contributed by atoms with van der Waals surface area (Å²) in [6.07, 6.45) is -0.0859. The van der Waals surface area contributed by atoms with Crippen molar-refractivity contribution < 1.29 is 18.7 Å². The lowest BCUT2D eigenvalue weighted by atomic mass is 10.2. The molecule has 1 aliphatic rings. The van der Waals surface area contributed by atoms with E-state index in [0.717, 1.165) is 10.4 Å². The molecule has 1 aromatic heterocycles. The van der Waals surface area contributed by atoms with Crippen molar-refractivity contribution in [3.63, 3.8) is 0 Å². The fourth-order valence-corrected chi connectivity index (χ4v) is 10.4. The summed E-state index contributed by atoms with van der Waals surface area (Å²) in [6.45, 7) is 8.13. The maximum Gasteiger partial charge on any atom is 0.338 e. The Balaban J connectivity index is 1.56. The number of nitrogens with one attached hydrogen (secondary N) is 1. The number of esters is 1. The Labute approximate surface area is 246 Å². The number of ether oxygens (including phenoxy) is 2. The molecular formula is C33H36N2O6Si. The monoisotopic (exact) mass is 584 g/mol. The minimum Gasteiger partial charge on any atom is -0.459 e. The van der Waals surface area contributed by atoms with Gasteiger partial charge in [-0.1, -0.05) is 99.6 Å². The molecular weight excluding hydrogens is 548 g/mol. The molecule has 0 radical (unpaired) electrons. The molecule has 0 bridgehead atoms. The molecule has 2 heterocycles. The third-order valence-corrected chi connectivity index (χ3v) is 12.8. The van der Waals surface area contributed by atoms with E-state index in [-0.39, 0.29) is 11.6 Å². The lowest BCUT2D eigenvalue weighted by Gasteiger charge is -2.45. The predicted octanol–water partition coefficient (Wildman–Crippen LogP) is 3.93. The van der Waals surface area contributed by atoms with E-state index in [0.29, 0.717) is 17.5 Å². The van der Waals surface area contributed by atoms with Gasteiger partial charge in [0.25, 0.3) is 13.9 Å². The van der Waals surface area contributed by atoms with Crippen LogP contribution in [0.5, 0.6) is 0 Å². The molecule has 1 N–H and O–H groups in total. The first-order chi connectivity index (χ1) is 20.1. The third-order valence-electron chi connectivity index (χ3n) is 7.77. The molecule has 3 aromatic carbocycles. The first-order valence-electron chi connectivity index (χ1n) is 14.1. The van der Waals surface area contributed by atoms with Crippen molar-refractivity contribution in [1.82, 2.24) is 9.55 Å². The van der Waals surface area contributed by atoms with Crippen LogP contribution in [-0.2, 0) is 13.9 Å². The zero-order chi connectivity index (χ0) is 29.9. The number of aromatic nitrogens is 2. The van der Waals surface area contributed by atoms with Crippen LogP contribution in [0.15, 0.2) is 107 Å². The molecule has 42 heavy (non-hydrogen) atoms. The Hall–Kier alpha value is -4.05. The molecule has 1 fully saturated rings. The third kappa shape index (κ3) is 5.81. The van der Waals surface area contributed by atoms with Crippen molar-refractivity contribution in [3.05, 3.63) is 129 Å². The van der Waals surface area contributed by atoms with Gasteiger partial charge in [0.1, 0.15) is 18.9 Å². The second kappa shape index (κ2) is 12.0. The largest absolute Gasteiger partial charge is 0.459 e. The molecule has 0 amide bonds. The summed E-state index contributed by atoms with van der Waals surface area (Å²) in [4.78, 5) is 40.2. The van der Waals surface area contributed by atoms with Crippen molar-refractivity contribution in [2.75, 3.05) is 6.61 Å². The van der Waals surface area contributed by atoms with Gasteiger partial charge < -0.3 is 13.9 Å². The van der Waals surface area contributed by atoms with Crippen LogP contribution in [0.25, 0.3) is 0 Å². The molecule has 8 nitrogen and oxygen atoms in total. The summed E-state index contributed by atoms with van der Waals surface area (Å²) >= 11 is 0. The van der Waals surface area contributed by atoms with Gasteiger partial charge in [0, 0.05) is 18.2 Å². The lowest BCUT2D eigenvalue weighted by Crippen LogP contribution is -2.68. The number of carbonyl (C=O) groups excluding carboxylic acids is 1. The molecule has 3 atom stereocenters. The number of carbonyl (C=O) groups is 1. The summed E-state index contributed by atoms with van der Waals surface area (Å²) in [6, 6.07) is 29.3. The number of benzene rings is 3. The van der Waals surface area contributed by atoms with Gasteiger partial charge in [0.05, 0.1) is 11.7 Å². The van der Waals surface area contributed by atoms with Gasteiger partial charge in [0.2, 0.25) is 0 Å². The molecule has 0 spiro atoms. The zero-order valence-corrected chi connectivity index (χ0v) is 25.3. The number of H-pyrrole nitrogens is 1. The van der Waals surface area contributed by atoms with Crippen LogP contribution < -0.4 is 21.6 Å². The number of nitrogens with zero attached hydrogens (tertiary/aromatic N) is 1. The lowest BCUT2D eigenvalue weighted by molar-refractivity contribution is -0.0509. The van der Waals surface area contributed by atoms with Crippen molar-refractivity contribution in [1.29, 1.82) is 0 Å². The molecule has 1 aliphatic heterocycles. The molecule has 0 aliphatic carbocycles. The summed E-state index contributed by atoms with van der Waals surface area (Å²) in [5.74, 6) is -0.469. The summed E-state index contributed by atoms with van der Waals surface area (Å²) in [5, 5.41) is 1.90. The zero-order valence-electron chi connectivity index (χ0n) is 24.3. The number of aromatic amines is 1. The van der Waals surface area contributed by atoms with Crippen molar-refractivity contribution in [2.24, 2.45) is 0 Å². The minimum absolute atomic E-state index is 0.0653. The summed E-state index contributed by atoms with van der Waals surface area (Å²) in [5.41, 5.74) is -0.185. The van der Waals surface area contributed by atoms with Gasteiger partial charge in [-0.05, 0) is 34.5 Å². The van der Waals surface area contributed by atoms with E-state index in [9.17, 15) is 14.4 Å². The fraction of sp³-hybridized carbons (Fsp3) is 0.303. The summed E-state index contributed by atoms with van der Waals surface area (Å²) < 4.78 is 20.9. The Morgan fingerprint density at radius 2 is 1.48 bits per heavy atom. The van der Waals surface area contributed by atoms with Gasteiger partial charge in [-0.25, -0.2) is 9.59 Å². The van der Waals surface area contributed by atoms with E-state index in [2.05, 4.69) is 50.0 Å². The second-order valence-corrected chi connectivity index (χ2v) is 15.9. The van der Waals surface area contributed by atoms with Gasteiger partial charge >= 0.3 is 11.7 Å². The SMILES string of the molecule is Cc1cn(C2C[C@H](O[Si](c3ccccc3)(c3ccccc3)C(C)(C)C)[C@@H](COC(=O)c3ccccc3)O2)c(=O)[nH]c1=O. The average molecular weight is 585 g/mol. The van der Waals surface area contributed by atoms with Crippen LogP contribution in [-0.4, -0.2) is 42.7 Å². The molecule has 5 rings (SSSR count). The normalized spacial score (nSPS) is 19.0. The Kier molecular flexibility index (Phi) is 8.45. The first-order valence-corrected chi connectivity index (χ1v) is 16.0. The minimum atomic E-state index is -3.01. The standard InChI is InChI=1S/C33H36N2O6Si/c1-23-21-35(32(38)34-30(23)36)29-20-27(28(40-29)22-39-31(37)24-14-8-5-9-15-24)41-42(33(2,3)4,25-16-10-6-11-17-25)26-18-12-7-13-19-26/h5-19,21,27-29H,20,22H2,1-4H3,(H,34,36,38)/t27-,28+,29?/m0/s1. The molecule has 1 saturated heterocycles. The number of aryl methyl sites for hydroxylation is 1. The van der Waals surface area contributed by atoms with Crippen LogP contribution >= 0.6 is 0 Å². The Bertz CT molecular complexity index is 1590. The van der Waals surface area contributed by atoms with Crippen LogP contribution in [0.2, 0.25) is 5.04 Å². The topological polar surface area (TPSA) is 99.6 Å². The number of hydrogen-bond donors (Lipinski definition) is 1. The van der Waals surface area contributed by atoms with Gasteiger partial charge in [0.15, 0.2) is 0 Å². The van der Waals surface area contributed by atoms with Gasteiger partial charge in [-0.15, -0.1) is 0 Å². The maximum absolute atomic E-state index is 12.9. The Morgan fingerprint density at radius 3 is 2.02 bits per heavy atom. The highest BCUT2D eigenvalue weighted by molar-refractivity contribution is 6.99. The summed E-state index contributed by atoms with van der Waals surface area (Å²) in [7, 11) is -3.01. The van der Waals surface area contributed by atoms with Crippen LogP contribution in [0.1, 0.15) is 49.3 Å². The molecule has 4 aromatic rings. The van der Waals surface area contributed by atoms with Crippen molar-refractivity contribution in [2.45, 2.75) is 57.6 Å². The van der Waals surface area contributed by atoms with E-state index in [1.54, 1.807) is 31.2 Å². The predicted molar refractivity (Wildman–Crippen MR) is 164 cm³/mol. The second-order valence-electron chi connectivity index (χ2n) is 11.6. The molecule has 0 saturated carbocycles. The average Bonchev–Trinajstić information content (AvgIpc) is 3.39. The van der Waals surface area contributed by atoms with E-state index >= 15 is 0 Å². The van der Waals surface area contributed by atoms with Crippen LogP contribution in [0.3, 0.4) is 0 Å². The quantitative estimate of drug-likeness (QED) is 0.249. The smallest absolute Gasteiger partial charge is 0.338 e. The van der Waals surface area contributed by atoms with E-state index < -0.39 is 44.0 Å². The Morgan fingerprint density at radius 1 is 0.929 bits per heavy atom. The first kappa shape index (κ1) is 29.4. The number of rotatable bonds is 8. The highest BCUT2D eigenvalue weighted by Gasteiger charge is 2.54. The highest BCUT2D eigenvalue weighted by atomic mass is 28.4.